The largest absolute Gasteiger partial charge is 0.508 e. The molecule has 0 saturated heterocycles. The molecular formula is C11H10N2O5. The van der Waals surface area contributed by atoms with Crippen molar-refractivity contribution in [1.82, 2.24) is 9.13 Å². The van der Waals surface area contributed by atoms with E-state index in [1.807, 2.05) is 0 Å². The zero-order valence-corrected chi connectivity index (χ0v) is 9.45. The lowest BCUT2D eigenvalue weighted by atomic mass is 10.2. The van der Waals surface area contributed by atoms with E-state index in [9.17, 15) is 19.5 Å². The first-order chi connectivity index (χ1) is 8.41. The summed E-state index contributed by atoms with van der Waals surface area (Å²) in [7, 11) is 1.40. The molecule has 94 valence electrons. The molecular weight excluding hydrogens is 240 g/mol. The van der Waals surface area contributed by atoms with Crippen molar-refractivity contribution in [3.05, 3.63) is 39.0 Å². The highest BCUT2D eigenvalue weighted by Crippen LogP contribution is 2.15. The van der Waals surface area contributed by atoms with Gasteiger partial charge in [-0.25, -0.2) is 9.36 Å². The first kappa shape index (κ1) is 11.9. The predicted molar refractivity (Wildman–Crippen MR) is 62.7 cm³/mol. The Morgan fingerprint density at radius 3 is 2.61 bits per heavy atom. The second kappa shape index (κ2) is 4.02. The Bertz CT molecular complexity index is 756. The second-order valence-corrected chi connectivity index (χ2v) is 3.83. The molecule has 2 aromatic rings. The summed E-state index contributed by atoms with van der Waals surface area (Å²) in [6.45, 7) is -0.692. The van der Waals surface area contributed by atoms with Gasteiger partial charge in [0.1, 0.15) is 12.3 Å². The maximum absolute atomic E-state index is 12.0. The number of hydrogen-bond donors (Lipinski definition) is 2. The van der Waals surface area contributed by atoms with Crippen molar-refractivity contribution in [3.8, 4) is 5.75 Å². The summed E-state index contributed by atoms with van der Waals surface area (Å²) in [5.41, 5.74) is -1.16. The minimum absolute atomic E-state index is 0.0760. The van der Waals surface area contributed by atoms with Crippen molar-refractivity contribution in [2.24, 2.45) is 7.05 Å². The van der Waals surface area contributed by atoms with Crippen molar-refractivity contribution in [2.75, 3.05) is 0 Å². The third-order valence-electron chi connectivity index (χ3n) is 2.63. The van der Waals surface area contributed by atoms with Crippen LogP contribution in [0.2, 0.25) is 0 Å². The van der Waals surface area contributed by atoms with Gasteiger partial charge in [-0.2, -0.15) is 0 Å². The molecule has 0 saturated carbocycles. The van der Waals surface area contributed by atoms with Gasteiger partial charge in [0.2, 0.25) is 0 Å². The van der Waals surface area contributed by atoms with E-state index in [0.29, 0.717) is 4.57 Å². The van der Waals surface area contributed by atoms with Crippen LogP contribution in [0.15, 0.2) is 27.8 Å². The van der Waals surface area contributed by atoms with Crippen molar-refractivity contribution in [3.63, 3.8) is 0 Å². The van der Waals surface area contributed by atoms with Crippen LogP contribution in [0.25, 0.3) is 10.9 Å². The number of carbonyl (C=O) groups is 1. The molecule has 0 radical (unpaired) electrons. The lowest BCUT2D eigenvalue weighted by Gasteiger charge is -2.09. The van der Waals surface area contributed by atoms with Crippen molar-refractivity contribution < 1.29 is 15.0 Å². The first-order valence-corrected chi connectivity index (χ1v) is 5.06. The summed E-state index contributed by atoms with van der Waals surface area (Å²) >= 11 is 0. The minimum Gasteiger partial charge on any atom is -0.508 e. The number of aromatic hydroxyl groups is 1. The SMILES string of the molecule is Cn1c(=O)n(CC(=O)O)c(=O)c2ccc(O)cc21. The molecule has 2 rings (SSSR count). The molecule has 18 heavy (non-hydrogen) atoms. The third-order valence-corrected chi connectivity index (χ3v) is 2.63. The molecule has 0 aliphatic carbocycles. The topological polar surface area (TPSA) is 102 Å². The molecule has 0 aliphatic rings. The van der Waals surface area contributed by atoms with E-state index in [4.69, 9.17) is 5.11 Å². The Hall–Kier alpha value is -2.57. The molecule has 0 fully saturated rings. The fourth-order valence-corrected chi connectivity index (χ4v) is 1.77. The Labute approximate surface area is 100 Å². The maximum Gasteiger partial charge on any atom is 0.331 e. The zero-order valence-electron chi connectivity index (χ0n) is 9.45. The molecule has 1 aromatic heterocycles. The number of aliphatic carboxylic acids is 1. The summed E-state index contributed by atoms with van der Waals surface area (Å²) in [6.07, 6.45) is 0. The Morgan fingerprint density at radius 2 is 2.00 bits per heavy atom. The van der Waals surface area contributed by atoms with Crippen LogP contribution in [0.4, 0.5) is 0 Å². The highest BCUT2D eigenvalue weighted by Gasteiger charge is 2.13. The van der Waals surface area contributed by atoms with Crippen LogP contribution in [0, 0.1) is 0 Å². The second-order valence-electron chi connectivity index (χ2n) is 3.83. The number of benzene rings is 1. The van der Waals surface area contributed by atoms with Gasteiger partial charge in [0.25, 0.3) is 5.56 Å². The van der Waals surface area contributed by atoms with E-state index in [0.717, 1.165) is 4.57 Å². The van der Waals surface area contributed by atoms with Gasteiger partial charge in [0.15, 0.2) is 0 Å². The Morgan fingerprint density at radius 1 is 1.33 bits per heavy atom. The molecule has 1 aromatic carbocycles. The number of phenols is 1. The average Bonchev–Trinajstić information content (AvgIpc) is 2.31. The summed E-state index contributed by atoms with van der Waals surface area (Å²) in [4.78, 5) is 34.4. The molecule has 7 heteroatoms. The van der Waals surface area contributed by atoms with Crippen LogP contribution < -0.4 is 11.2 Å². The fourth-order valence-electron chi connectivity index (χ4n) is 1.77. The van der Waals surface area contributed by atoms with Crippen LogP contribution in [-0.2, 0) is 18.4 Å². The fraction of sp³-hybridized carbons (Fsp3) is 0.182. The summed E-state index contributed by atoms with van der Waals surface area (Å²) in [6, 6.07) is 3.94. The number of aryl methyl sites for hydroxylation is 1. The number of carboxylic acid groups (broad SMARTS) is 1. The van der Waals surface area contributed by atoms with Crippen molar-refractivity contribution >= 4 is 16.9 Å². The number of hydrogen-bond acceptors (Lipinski definition) is 4. The molecule has 0 unspecified atom stereocenters. The van der Waals surface area contributed by atoms with Gasteiger partial charge >= 0.3 is 11.7 Å². The Balaban J connectivity index is 2.92. The van der Waals surface area contributed by atoms with Gasteiger partial charge in [-0.1, -0.05) is 0 Å². The number of fused-ring (bicyclic) bond motifs is 1. The van der Waals surface area contributed by atoms with Gasteiger partial charge < -0.3 is 10.2 Å². The maximum atomic E-state index is 12.0. The zero-order chi connectivity index (χ0) is 13.4. The van der Waals surface area contributed by atoms with Crippen LogP contribution >= 0.6 is 0 Å². The number of phenolic OH excluding ortho intramolecular Hbond substituents is 1. The van der Waals surface area contributed by atoms with Gasteiger partial charge in [0.05, 0.1) is 10.9 Å². The van der Waals surface area contributed by atoms with Gasteiger partial charge in [-0.05, 0) is 12.1 Å². The highest BCUT2D eigenvalue weighted by atomic mass is 16.4. The van der Waals surface area contributed by atoms with Gasteiger partial charge in [-0.15, -0.1) is 0 Å². The number of rotatable bonds is 2. The first-order valence-electron chi connectivity index (χ1n) is 5.06. The smallest absolute Gasteiger partial charge is 0.331 e. The van der Waals surface area contributed by atoms with E-state index >= 15 is 0 Å². The Kier molecular flexibility index (Phi) is 2.66. The molecule has 0 spiro atoms. The molecule has 1 heterocycles. The predicted octanol–water partition coefficient (Wildman–Crippen LogP) is -0.510. The van der Waals surface area contributed by atoms with Crippen molar-refractivity contribution in [1.29, 1.82) is 0 Å². The summed E-state index contributed by atoms with van der Waals surface area (Å²) in [5, 5.41) is 18.2. The van der Waals surface area contributed by atoms with Gasteiger partial charge in [-0.3, -0.25) is 14.2 Å². The number of aromatic nitrogens is 2. The van der Waals surface area contributed by atoms with E-state index < -0.39 is 23.8 Å². The molecule has 0 bridgehead atoms. The van der Waals surface area contributed by atoms with E-state index in [2.05, 4.69) is 0 Å². The monoisotopic (exact) mass is 250 g/mol. The van der Waals surface area contributed by atoms with Gasteiger partial charge in [0, 0.05) is 13.1 Å². The number of nitrogens with zero attached hydrogens (tertiary/aromatic N) is 2. The van der Waals surface area contributed by atoms with E-state index in [-0.39, 0.29) is 16.7 Å². The third kappa shape index (κ3) is 1.75. The van der Waals surface area contributed by atoms with Crippen LogP contribution in [0.5, 0.6) is 5.75 Å². The molecule has 0 aliphatic heterocycles. The van der Waals surface area contributed by atoms with E-state index in [1.165, 1.54) is 25.2 Å². The van der Waals surface area contributed by atoms with Crippen LogP contribution in [-0.4, -0.2) is 25.3 Å². The summed E-state index contributed by atoms with van der Waals surface area (Å²) in [5.74, 6) is -1.35. The normalized spacial score (nSPS) is 10.7. The minimum atomic E-state index is -1.27. The lowest BCUT2D eigenvalue weighted by Crippen LogP contribution is -2.40. The summed E-state index contributed by atoms with van der Waals surface area (Å²) < 4.78 is 1.76. The van der Waals surface area contributed by atoms with Crippen molar-refractivity contribution in [2.45, 2.75) is 6.54 Å². The van der Waals surface area contributed by atoms with Crippen LogP contribution in [0.1, 0.15) is 0 Å². The molecule has 0 amide bonds. The lowest BCUT2D eigenvalue weighted by molar-refractivity contribution is -0.137. The van der Waals surface area contributed by atoms with E-state index in [1.54, 1.807) is 0 Å². The number of carboxylic acids is 1. The standard InChI is InChI=1S/C11H10N2O5/c1-12-8-4-6(14)2-3-7(8)10(17)13(11(12)18)5-9(15)16/h2-4,14H,5H2,1H3,(H,15,16). The highest BCUT2D eigenvalue weighted by molar-refractivity contribution is 5.79. The quantitative estimate of drug-likeness (QED) is 0.747. The molecule has 2 N–H and O–H groups in total. The molecule has 0 atom stereocenters. The average molecular weight is 250 g/mol. The van der Waals surface area contributed by atoms with Crippen LogP contribution in [0.3, 0.4) is 0 Å². The molecule has 7 nitrogen and oxygen atoms in total.